The molecule has 0 spiro atoms. The summed E-state index contributed by atoms with van der Waals surface area (Å²) < 4.78 is 37.2. The van der Waals surface area contributed by atoms with E-state index in [1.807, 2.05) is 0 Å². The molecule has 2 aromatic rings. The molecule has 0 aliphatic rings. The number of hydrogen-bond acceptors (Lipinski definition) is 1. The Bertz CT molecular complexity index is 672. The van der Waals surface area contributed by atoms with Gasteiger partial charge in [-0.25, -0.2) is 13.2 Å². The third kappa shape index (κ3) is 3.43. The van der Waals surface area contributed by atoms with Gasteiger partial charge in [-0.1, -0.05) is 6.07 Å². The third-order valence-corrected chi connectivity index (χ3v) is 3.27. The second-order valence-corrected chi connectivity index (χ2v) is 5.29. The van der Waals surface area contributed by atoms with Crippen molar-refractivity contribution in [1.82, 2.24) is 4.98 Å². The number of benzene rings is 1. The highest BCUT2D eigenvalue weighted by Crippen LogP contribution is 2.31. The lowest BCUT2D eigenvalue weighted by atomic mass is 9.65. The van der Waals surface area contributed by atoms with Crippen LogP contribution in [0, 0.1) is 12.7 Å². The molecular formula is C14H9B2ClF3N. The summed E-state index contributed by atoms with van der Waals surface area (Å²) in [5.41, 5.74) is 1.06. The van der Waals surface area contributed by atoms with Crippen molar-refractivity contribution in [3.05, 3.63) is 53.1 Å². The number of rotatable bonds is 3. The molecule has 4 radical (unpaired) electrons. The molecule has 1 aromatic heterocycles. The molecule has 0 N–H and O–H groups in total. The highest BCUT2D eigenvalue weighted by molar-refractivity contribution is 6.61. The van der Waals surface area contributed by atoms with Crippen LogP contribution in [0.2, 0.25) is 0 Å². The molecule has 0 aliphatic carbocycles. The summed E-state index contributed by atoms with van der Waals surface area (Å²) >= 11 is 5.87. The normalized spacial score (nSPS) is 11.9. The zero-order valence-corrected chi connectivity index (χ0v) is 11.8. The fraction of sp³-hybridized carbons (Fsp3) is 0.214. The van der Waals surface area contributed by atoms with Crippen molar-refractivity contribution < 1.29 is 13.2 Å². The first kappa shape index (κ1) is 16.0. The van der Waals surface area contributed by atoms with Crippen molar-refractivity contribution in [1.29, 1.82) is 0 Å². The smallest absolute Gasteiger partial charge is 0.261 e. The predicted molar refractivity (Wildman–Crippen MR) is 78.4 cm³/mol. The van der Waals surface area contributed by atoms with Crippen molar-refractivity contribution in [2.24, 2.45) is 0 Å². The van der Waals surface area contributed by atoms with Gasteiger partial charge in [0.05, 0.1) is 21.3 Å². The van der Waals surface area contributed by atoms with E-state index < -0.39 is 22.5 Å². The first-order chi connectivity index (χ1) is 9.70. The molecule has 1 nitrogen and oxygen atoms in total. The molecule has 1 aromatic carbocycles. The SMILES string of the molecule is [B]C([B])(Cl)c1cc(-c2ccc(F)c(C(F)F)c2)cnc1C. The van der Waals surface area contributed by atoms with Gasteiger partial charge in [0, 0.05) is 17.5 Å². The Kier molecular flexibility index (Phi) is 4.38. The molecule has 0 aliphatic heterocycles. The summed E-state index contributed by atoms with van der Waals surface area (Å²) in [6.45, 7) is 1.67. The molecule has 7 heteroatoms. The van der Waals surface area contributed by atoms with Crippen molar-refractivity contribution in [2.75, 3.05) is 0 Å². The van der Waals surface area contributed by atoms with Gasteiger partial charge in [0.15, 0.2) is 0 Å². The molecular weight excluding hydrogens is 296 g/mol. The Labute approximate surface area is 128 Å². The minimum Gasteiger partial charge on any atom is -0.261 e. The molecule has 2 rings (SSSR count). The van der Waals surface area contributed by atoms with Crippen molar-refractivity contribution in [3.8, 4) is 11.1 Å². The number of alkyl halides is 3. The Hall–Kier alpha value is -1.42. The van der Waals surface area contributed by atoms with Crippen LogP contribution >= 0.6 is 11.6 Å². The van der Waals surface area contributed by atoms with Gasteiger partial charge in [-0.3, -0.25) is 4.98 Å². The number of aryl methyl sites for hydroxylation is 1. The molecule has 21 heavy (non-hydrogen) atoms. The van der Waals surface area contributed by atoms with E-state index in [1.54, 1.807) is 13.0 Å². The van der Waals surface area contributed by atoms with E-state index in [2.05, 4.69) is 4.98 Å². The lowest BCUT2D eigenvalue weighted by molar-refractivity contribution is 0.146. The number of nitrogens with zero attached hydrogens (tertiary/aromatic N) is 1. The Balaban J connectivity index is 2.55. The van der Waals surface area contributed by atoms with Crippen LogP contribution in [0.25, 0.3) is 11.1 Å². The zero-order valence-electron chi connectivity index (χ0n) is 11.1. The maximum Gasteiger partial charge on any atom is 0.266 e. The van der Waals surface area contributed by atoms with E-state index in [1.165, 1.54) is 12.3 Å². The highest BCUT2D eigenvalue weighted by Gasteiger charge is 2.20. The second kappa shape index (κ2) is 5.76. The van der Waals surface area contributed by atoms with Crippen LogP contribution in [0.15, 0.2) is 30.5 Å². The minimum absolute atomic E-state index is 0.365. The first-order valence-corrected chi connectivity index (χ1v) is 6.39. The summed E-state index contributed by atoms with van der Waals surface area (Å²) in [4.78, 5) is 4.09. The Morgan fingerprint density at radius 1 is 1.19 bits per heavy atom. The van der Waals surface area contributed by atoms with Crippen LogP contribution in [-0.2, 0) is 4.67 Å². The van der Waals surface area contributed by atoms with E-state index in [-0.39, 0.29) is 0 Å². The number of halogens is 4. The summed E-state index contributed by atoms with van der Waals surface area (Å²) in [7, 11) is 11.3. The van der Waals surface area contributed by atoms with E-state index in [0.717, 1.165) is 12.1 Å². The van der Waals surface area contributed by atoms with Gasteiger partial charge < -0.3 is 0 Å². The van der Waals surface area contributed by atoms with Gasteiger partial charge in [0.25, 0.3) is 6.43 Å². The maximum atomic E-state index is 13.3. The monoisotopic (exact) mass is 305 g/mol. The molecule has 0 atom stereocenters. The molecule has 0 saturated carbocycles. The zero-order chi connectivity index (χ0) is 15.8. The number of hydrogen-bond donors (Lipinski definition) is 0. The van der Waals surface area contributed by atoms with Crippen LogP contribution in [0.4, 0.5) is 13.2 Å². The fourth-order valence-corrected chi connectivity index (χ4v) is 2.16. The third-order valence-electron chi connectivity index (χ3n) is 3.06. The van der Waals surface area contributed by atoms with Crippen molar-refractivity contribution >= 4 is 27.3 Å². The van der Waals surface area contributed by atoms with Gasteiger partial charge in [-0.15, -0.1) is 11.6 Å². The Morgan fingerprint density at radius 3 is 2.43 bits per heavy atom. The van der Waals surface area contributed by atoms with E-state index >= 15 is 0 Å². The first-order valence-electron chi connectivity index (χ1n) is 6.02. The van der Waals surface area contributed by atoms with Crippen LogP contribution in [0.3, 0.4) is 0 Å². The largest absolute Gasteiger partial charge is 0.266 e. The standard InChI is InChI=1S/C14H9B2ClF3N/c1-7-11(14(15,16)17)5-9(6-21-7)8-2-3-12(18)10(4-8)13(19)20/h2-6,13H,1H3. The van der Waals surface area contributed by atoms with Gasteiger partial charge in [-0.05, 0) is 40.9 Å². The quantitative estimate of drug-likeness (QED) is 0.620. The van der Waals surface area contributed by atoms with Crippen LogP contribution in [-0.4, -0.2) is 20.7 Å². The van der Waals surface area contributed by atoms with Crippen LogP contribution < -0.4 is 0 Å². The summed E-state index contributed by atoms with van der Waals surface area (Å²) in [6, 6.07) is 4.98. The summed E-state index contributed by atoms with van der Waals surface area (Å²) in [6.07, 6.45) is -1.44. The topological polar surface area (TPSA) is 12.9 Å². The van der Waals surface area contributed by atoms with E-state index in [9.17, 15) is 13.2 Å². The lowest BCUT2D eigenvalue weighted by Gasteiger charge is -2.20. The van der Waals surface area contributed by atoms with Crippen molar-refractivity contribution in [2.45, 2.75) is 18.0 Å². The molecule has 0 unspecified atom stereocenters. The van der Waals surface area contributed by atoms with E-state index in [4.69, 9.17) is 27.3 Å². The molecule has 0 bridgehead atoms. The summed E-state index contributed by atoms with van der Waals surface area (Å²) in [5.74, 6) is -0.960. The maximum absolute atomic E-state index is 13.3. The molecule has 0 saturated heterocycles. The average molecular weight is 305 g/mol. The Morgan fingerprint density at radius 2 is 1.86 bits per heavy atom. The van der Waals surface area contributed by atoms with Gasteiger partial charge in [-0.2, -0.15) is 0 Å². The minimum atomic E-state index is -2.90. The summed E-state index contributed by atoms with van der Waals surface area (Å²) in [5, 5.41) is 0. The molecule has 0 amide bonds. The molecule has 104 valence electrons. The average Bonchev–Trinajstić information content (AvgIpc) is 2.38. The van der Waals surface area contributed by atoms with E-state index in [0.29, 0.717) is 22.4 Å². The molecule has 0 fully saturated rings. The molecule has 1 heterocycles. The van der Waals surface area contributed by atoms with Gasteiger partial charge in [0.1, 0.15) is 5.82 Å². The fourth-order valence-electron chi connectivity index (χ4n) is 1.97. The highest BCUT2D eigenvalue weighted by atomic mass is 35.5. The van der Waals surface area contributed by atoms with Crippen molar-refractivity contribution in [3.63, 3.8) is 0 Å². The predicted octanol–water partition coefficient (Wildman–Crippen LogP) is 3.82. The van der Waals surface area contributed by atoms with Gasteiger partial charge >= 0.3 is 0 Å². The van der Waals surface area contributed by atoms with Crippen LogP contribution in [0.5, 0.6) is 0 Å². The number of pyridine rings is 1. The van der Waals surface area contributed by atoms with Crippen LogP contribution in [0.1, 0.15) is 23.2 Å². The second-order valence-electron chi connectivity index (χ2n) is 4.66. The van der Waals surface area contributed by atoms with Gasteiger partial charge in [0.2, 0.25) is 0 Å². The lowest BCUT2D eigenvalue weighted by Crippen LogP contribution is -2.20. The number of aromatic nitrogens is 1.